The van der Waals surface area contributed by atoms with E-state index in [1.54, 1.807) is 24.3 Å². The van der Waals surface area contributed by atoms with E-state index in [1.807, 2.05) is 54.4 Å². The van der Waals surface area contributed by atoms with Gasteiger partial charge in [0.1, 0.15) is 11.9 Å². The van der Waals surface area contributed by atoms with Gasteiger partial charge in [0.2, 0.25) is 10.0 Å². The molecular formula is C25H23IN4O3S. The number of benzene rings is 2. The number of aliphatic imine (C=N–C) groups is 2. The molecule has 7 nitrogen and oxygen atoms in total. The van der Waals surface area contributed by atoms with Crippen LogP contribution in [0.5, 0.6) is 0 Å². The zero-order chi connectivity index (χ0) is 23.9. The van der Waals surface area contributed by atoms with Gasteiger partial charge in [-0.05, 0) is 72.2 Å². The van der Waals surface area contributed by atoms with Crippen LogP contribution in [-0.2, 0) is 21.4 Å². The molecule has 0 spiro atoms. The molecule has 0 radical (unpaired) electrons. The van der Waals surface area contributed by atoms with Gasteiger partial charge in [0, 0.05) is 28.4 Å². The smallest absolute Gasteiger partial charge is 0.266 e. The second-order valence-electron chi connectivity index (χ2n) is 8.46. The van der Waals surface area contributed by atoms with E-state index < -0.39 is 22.0 Å². The molecule has 174 valence electrons. The first kappa shape index (κ1) is 23.1. The Bertz CT molecular complexity index is 1380. The molecule has 1 amide bonds. The molecule has 3 heterocycles. The minimum absolute atomic E-state index is 0.190. The summed E-state index contributed by atoms with van der Waals surface area (Å²) in [4.78, 5) is 24.7. The van der Waals surface area contributed by atoms with Crippen LogP contribution in [0.2, 0.25) is 0 Å². The zero-order valence-electron chi connectivity index (χ0n) is 18.6. The fraction of sp³-hybridized carbons (Fsp3) is 0.240. The molecule has 3 aliphatic heterocycles. The Kier molecular flexibility index (Phi) is 6.26. The summed E-state index contributed by atoms with van der Waals surface area (Å²) in [5, 5.41) is 0. The average molecular weight is 586 g/mol. The van der Waals surface area contributed by atoms with E-state index in [2.05, 4.69) is 27.6 Å². The summed E-state index contributed by atoms with van der Waals surface area (Å²) in [6, 6.07) is 13.6. The Hall–Kier alpha value is -2.63. The summed E-state index contributed by atoms with van der Waals surface area (Å²) in [6.07, 6.45) is 6.91. The monoisotopic (exact) mass is 586 g/mol. The van der Waals surface area contributed by atoms with Crippen molar-refractivity contribution in [2.45, 2.75) is 37.2 Å². The summed E-state index contributed by atoms with van der Waals surface area (Å²) in [5.74, 6) is 0.520. The van der Waals surface area contributed by atoms with E-state index in [9.17, 15) is 13.2 Å². The van der Waals surface area contributed by atoms with Crippen molar-refractivity contribution in [3.05, 3.63) is 87.2 Å². The Morgan fingerprint density at radius 3 is 2.68 bits per heavy atom. The molecule has 0 N–H and O–H groups in total. The predicted octanol–water partition coefficient (Wildman–Crippen LogP) is 4.18. The van der Waals surface area contributed by atoms with E-state index >= 15 is 0 Å². The highest BCUT2D eigenvalue weighted by Gasteiger charge is 2.39. The van der Waals surface area contributed by atoms with Crippen LogP contribution >= 0.6 is 22.6 Å². The van der Waals surface area contributed by atoms with Crippen LogP contribution in [0, 0.1) is 6.92 Å². The molecule has 1 fully saturated rings. The van der Waals surface area contributed by atoms with Crippen molar-refractivity contribution in [1.82, 2.24) is 9.21 Å². The first-order valence-electron chi connectivity index (χ1n) is 11.0. The van der Waals surface area contributed by atoms with Crippen molar-refractivity contribution in [2.75, 3.05) is 6.54 Å². The molecule has 0 saturated carbocycles. The molecule has 0 aliphatic carbocycles. The number of sulfonamides is 1. The largest absolute Gasteiger partial charge is 0.327 e. The molecule has 34 heavy (non-hydrogen) atoms. The van der Waals surface area contributed by atoms with Crippen molar-refractivity contribution in [3.8, 4) is 0 Å². The molecule has 5 rings (SSSR count). The van der Waals surface area contributed by atoms with Gasteiger partial charge in [-0.25, -0.2) is 13.4 Å². The van der Waals surface area contributed by atoms with E-state index in [0.717, 1.165) is 20.3 Å². The number of aryl methyl sites for hydroxylation is 1. The highest BCUT2D eigenvalue weighted by Crippen LogP contribution is 2.28. The number of hydrogen-bond donors (Lipinski definition) is 0. The van der Waals surface area contributed by atoms with Gasteiger partial charge in [-0.2, -0.15) is 9.30 Å². The number of amides is 1. The molecule has 0 bridgehead atoms. The van der Waals surface area contributed by atoms with Crippen LogP contribution < -0.4 is 0 Å². The third-order valence-corrected chi connectivity index (χ3v) is 8.68. The second kappa shape index (κ2) is 9.20. The van der Waals surface area contributed by atoms with Gasteiger partial charge in [0.15, 0.2) is 5.84 Å². The molecule has 1 atom stereocenters. The quantitative estimate of drug-likeness (QED) is 0.506. The number of halogens is 1. The Labute approximate surface area is 212 Å². The fourth-order valence-corrected chi connectivity index (χ4v) is 6.52. The van der Waals surface area contributed by atoms with Crippen LogP contribution in [0.4, 0.5) is 0 Å². The SMILES string of the molecule is Cc1ccc(S(=O)(=O)N2CCC[C@H]2C(=O)N=C2N=C3C=CC(I)=CN3Cc3ccccc32)cc1. The summed E-state index contributed by atoms with van der Waals surface area (Å²) < 4.78 is 29.0. The van der Waals surface area contributed by atoms with E-state index in [0.29, 0.717) is 37.6 Å². The number of hydrogen-bond acceptors (Lipinski definition) is 4. The number of carbonyl (C=O) groups excluding carboxylic acids is 1. The minimum Gasteiger partial charge on any atom is -0.327 e. The van der Waals surface area contributed by atoms with Crippen molar-refractivity contribution in [3.63, 3.8) is 0 Å². The third-order valence-electron chi connectivity index (χ3n) is 6.12. The Morgan fingerprint density at radius 1 is 1.12 bits per heavy atom. The van der Waals surface area contributed by atoms with Gasteiger partial charge in [-0.15, -0.1) is 0 Å². The van der Waals surface area contributed by atoms with Crippen molar-refractivity contribution >= 4 is 50.2 Å². The van der Waals surface area contributed by atoms with Crippen LogP contribution in [0.25, 0.3) is 0 Å². The maximum Gasteiger partial charge on any atom is 0.266 e. The van der Waals surface area contributed by atoms with Crippen molar-refractivity contribution in [2.24, 2.45) is 9.98 Å². The molecule has 9 heteroatoms. The standard InChI is InChI=1S/C25H23IN4O3S/c1-17-8-11-20(12-9-17)34(32,33)30-14-4-7-22(30)25(31)28-24-21-6-3-2-5-18(21)15-29-16-19(26)10-13-23(29)27-24/h2-3,5-6,8-13,16,22H,4,7,14-15H2,1H3/t22-/m0/s1. The Morgan fingerprint density at radius 2 is 1.88 bits per heavy atom. The number of carbonyl (C=O) groups is 1. The topological polar surface area (TPSA) is 82.4 Å². The maximum atomic E-state index is 13.4. The highest BCUT2D eigenvalue weighted by molar-refractivity contribution is 14.1. The number of allylic oxidation sites excluding steroid dienone is 2. The van der Waals surface area contributed by atoms with Gasteiger partial charge >= 0.3 is 0 Å². The fourth-order valence-electron chi connectivity index (χ4n) is 4.35. The van der Waals surface area contributed by atoms with Crippen molar-refractivity contribution < 1.29 is 13.2 Å². The first-order valence-corrected chi connectivity index (χ1v) is 13.5. The van der Waals surface area contributed by atoms with Crippen LogP contribution in [-0.4, -0.2) is 47.8 Å². The predicted molar refractivity (Wildman–Crippen MR) is 140 cm³/mol. The lowest BCUT2D eigenvalue weighted by Crippen LogP contribution is -2.40. The molecule has 0 unspecified atom stereocenters. The molecule has 2 aromatic carbocycles. The van der Waals surface area contributed by atoms with Gasteiger partial charge in [-0.1, -0.05) is 42.0 Å². The number of nitrogens with zero attached hydrogens (tertiary/aromatic N) is 4. The van der Waals surface area contributed by atoms with E-state index in [1.165, 1.54) is 4.31 Å². The van der Waals surface area contributed by atoms with Crippen LogP contribution in [0.3, 0.4) is 0 Å². The van der Waals surface area contributed by atoms with E-state index in [4.69, 9.17) is 4.99 Å². The molecule has 2 aromatic rings. The molecular weight excluding hydrogens is 563 g/mol. The summed E-state index contributed by atoms with van der Waals surface area (Å²) >= 11 is 2.26. The van der Waals surface area contributed by atoms with Gasteiger partial charge in [-0.3, -0.25) is 4.79 Å². The number of rotatable bonds is 3. The summed E-state index contributed by atoms with van der Waals surface area (Å²) in [5.41, 5.74) is 2.75. The normalized spacial score (nSPS) is 21.5. The third kappa shape index (κ3) is 4.39. The molecule has 3 aliphatic rings. The lowest BCUT2D eigenvalue weighted by atomic mass is 10.1. The van der Waals surface area contributed by atoms with Crippen molar-refractivity contribution in [1.29, 1.82) is 0 Å². The Balaban J connectivity index is 1.51. The van der Waals surface area contributed by atoms with Crippen LogP contribution in [0.15, 0.2) is 85.3 Å². The van der Waals surface area contributed by atoms with Gasteiger partial charge in [0.25, 0.3) is 5.91 Å². The average Bonchev–Trinajstić information content (AvgIpc) is 3.27. The second-order valence-corrected chi connectivity index (χ2v) is 11.6. The summed E-state index contributed by atoms with van der Waals surface area (Å²) in [7, 11) is -3.80. The minimum atomic E-state index is -3.80. The van der Waals surface area contributed by atoms with Crippen LogP contribution in [0.1, 0.15) is 29.5 Å². The highest BCUT2D eigenvalue weighted by atomic mass is 127. The van der Waals surface area contributed by atoms with E-state index in [-0.39, 0.29) is 4.90 Å². The molecule has 0 aromatic heterocycles. The number of fused-ring (bicyclic) bond motifs is 2. The first-order chi connectivity index (χ1) is 16.3. The lowest BCUT2D eigenvalue weighted by molar-refractivity contribution is -0.120. The summed E-state index contributed by atoms with van der Waals surface area (Å²) in [6.45, 7) is 2.80. The lowest BCUT2D eigenvalue weighted by Gasteiger charge is -2.22. The number of amidine groups is 2. The van der Waals surface area contributed by atoms with Gasteiger partial charge < -0.3 is 4.90 Å². The maximum absolute atomic E-state index is 13.4. The molecule has 1 saturated heterocycles. The zero-order valence-corrected chi connectivity index (χ0v) is 21.5. The van der Waals surface area contributed by atoms with Gasteiger partial charge in [0.05, 0.1) is 4.90 Å².